The van der Waals surface area contributed by atoms with E-state index in [0.717, 1.165) is 0 Å². The molecule has 154 valence electrons. The molecule has 0 radical (unpaired) electrons. The van der Waals surface area contributed by atoms with Crippen LogP contribution in [0.4, 0.5) is 4.39 Å². The van der Waals surface area contributed by atoms with Gasteiger partial charge in [0.25, 0.3) is 6.02 Å². The molecule has 4 rings (SSSR count). The van der Waals surface area contributed by atoms with Crippen LogP contribution in [0.1, 0.15) is 21.6 Å². The molecule has 1 fully saturated rings. The number of rotatable bonds is 5. The molecule has 0 aliphatic carbocycles. The Morgan fingerprint density at radius 1 is 1.40 bits per heavy atom. The van der Waals surface area contributed by atoms with Gasteiger partial charge in [-0.05, 0) is 17.7 Å². The molecule has 0 spiro atoms. The third-order valence-electron chi connectivity index (χ3n) is 5.27. The highest BCUT2D eigenvalue weighted by Crippen LogP contribution is 2.43. The van der Waals surface area contributed by atoms with Gasteiger partial charge in [-0.2, -0.15) is 0 Å². The molecular formula is C21H19FN4O4. The molecule has 2 aliphatic rings. The maximum Gasteiger partial charge on any atom is 0.284 e. The number of fused-ring (bicyclic) bond motifs is 1. The number of ketones is 1. The fraction of sp³-hybridized carbons (Fsp3) is 0.333. The van der Waals surface area contributed by atoms with E-state index < -0.39 is 23.4 Å². The molecule has 0 unspecified atom stereocenters. The summed E-state index contributed by atoms with van der Waals surface area (Å²) in [5.74, 6) is 1.69. The summed E-state index contributed by atoms with van der Waals surface area (Å²) in [7, 11) is 1.46. The number of aliphatic imine (C=N–C) groups is 1. The smallest absolute Gasteiger partial charge is 0.284 e. The first-order valence-electron chi connectivity index (χ1n) is 9.22. The number of methoxy groups -OCH3 is 1. The van der Waals surface area contributed by atoms with Gasteiger partial charge >= 0.3 is 0 Å². The summed E-state index contributed by atoms with van der Waals surface area (Å²) in [6.07, 6.45) is 8.09. The summed E-state index contributed by atoms with van der Waals surface area (Å²) in [4.78, 5) is 24.9. The van der Waals surface area contributed by atoms with Gasteiger partial charge in [0.2, 0.25) is 5.88 Å². The van der Waals surface area contributed by atoms with Gasteiger partial charge in [-0.15, -0.1) is 6.42 Å². The molecule has 3 heterocycles. The van der Waals surface area contributed by atoms with Crippen molar-refractivity contribution in [3.63, 3.8) is 0 Å². The predicted octanol–water partition coefficient (Wildman–Crippen LogP) is 1.24. The van der Waals surface area contributed by atoms with Gasteiger partial charge in [-0.25, -0.2) is 19.4 Å². The second-order valence-electron chi connectivity index (χ2n) is 7.02. The van der Waals surface area contributed by atoms with E-state index in [9.17, 15) is 9.18 Å². The zero-order valence-electron chi connectivity index (χ0n) is 16.2. The number of carbonyl (C=O) groups is 1. The molecule has 0 bridgehead atoms. The molecule has 3 atom stereocenters. The summed E-state index contributed by atoms with van der Waals surface area (Å²) in [6.45, 7) is 0.552. The van der Waals surface area contributed by atoms with Crippen LogP contribution < -0.4 is 10.5 Å². The predicted molar refractivity (Wildman–Crippen MR) is 104 cm³/mol. The lowest BCUT2D eigenvalue weighted by Gasteiger charge is -2.37. The first-order chi connectivity index (χ1) is 14.5. The molecule has 0 amide bonds. The lowest BCUT2D eigenvalue weighted by atomic mass is 9.76. The van der Waals surface area contributed by atoms with E-state index >= 15 is 0 Å². The Hall–Kier alpha value is -3.51. The minimum absolute atomic E-state index is 0.0186. The van der Waals surface area contributed by atoms with E-state index in [1.54, 1.807) is 6.07 Å². The molecule has 9 heteroatoms. The van der Waals surface area contributed by atoms with Crippen molar-refractivity contribution in [1.29, 1.82) is 0 Å². The highest BCUT2D eigenvalue weighted by atomic mass is 19.1. The number of hydrogen-bond acceptors (Lipinski definition) is 8. The Labute approximate surface area is 172 Å². The van der Waals surface area contributed by atoms with Gasteiger partial charge in [-0.1, -0.05) is 12.0 Å². The maximum absolute atomic E-state index is 14.9. The normalized spacial score (nSPS) is 24.9. The van der Waals surface area contributed by atoms with Crippen LogP contribution in [0.3, 0.4) is 0 Å². The van der Waals surface area contributed by atoms with E-state index in [4.69, 9.17) is 26.4 Å². The number of amidine groups is 1. The van der Waals surface area contributed by atoms with Crippen LogP contribution >= 0.6 is 0 Å². The van der Waals surface area contributed by atoms with Crippen LogP contribution in [0.2, 0.25) is 0 Å². The van der Waals surface area contributed by atoms with Crippen molar-refractivity contribution in [1.82, 2.24) is 9.97 Å². The number of nitrogens with zero attached hydrogens (tertiary/aromatic N) is 3. The molecule has 1 aromatic carbocycles. The second-order valence-corrected chi connectivity index (χ2v) is 7.02. The van der Waals surface area contributed by atoms with Crippen LogP contribution in [0.5, 0.6) is 5.88 Å². The molecule has 30 heavy (non-hydrogen) atoms. The van der Waals surface area contributed by atoms with E-state index in [1.807, 2.05) is 0 Å². The fourth-order valence-electron chi connectivity index (χ4n) is 3.77. The summed E-state index contributed by atoms with van der Waals surface area (Å²) >= 11 is 0. The zero-order chi connectivity index (χ0) is 21.3. The molecule has 2 aliphatic heterocycles. The van der Waals surface area contributed by atoms with E-state index in [-0.39, 0.29) is 36.1 Å². The van der Waals surface area contributed by atoms with Crippen LogP contribution in [-0.4, -0.2) is 48.2 Å². The number of carbonyl (C=O) groups excluding carboxylic acids is 1. The number of nitrogens with two attached hydrogens (primary N) is 1. The maximum atomic E-state index is 14.9. The fourth-order valence-corrected chi connectivity index (χ4v) is 3.77. The molecule has 0 saturated carbocycles. The van der Waals surface area contributed by atoms with Crippen LogP contribution in [0.25, 0.3) is 0 Å². The molecule has 2 aromatic rings. The highest BCUT2D eigenvalue weighted by Gasteiger charge is 2.52. The molecule has 1 aromatic heterocycles. The largest absolute Gasteiger partial charge is 0.480 e. The van der Waals surface area contributed by atoms with Gasteiger partial charge in [0.1, 0.15) is 17.6 Å². The number of halogens is 1. The van der Waals surface area contributed by atoms with Crippen molar-refractivity contribution in [2.45, 2.75) is 18.1 Å². The lowest BCUT2D eigenvalue weighted by molar-refractivity contribution is 0.0939. The van der Waals surface area contributed by atoms with E-state index in [0.29, 0.717) is 18.1 Å². The topological polar surface area (TPSA) is 109 Å². The van der Waals surface area contributed by atoms with Crippen LogP contribution in [0.15, 0.2) is 35.6 Å². The van der Waals surface area contributed by atoms with Crippen molar-refractivity contribution in [2.24, 2.45) is 16.6 Å². The summed E-state index contributed by atoms with van der Waals surface area (Å²) in [5, 5.41) is 0. The first-order valence-corrected chi connectivity index (χ1v) is 9.22. The molecule has 1 saturated heterocycles. The Morgan fingerprint density at radius 2 is 2.23 bits per heavy atom. The van der Waals surface area contributed by atoms with Crippen molar-refractivity contribution in [2.75, 3.05) is 20.3 Å². The Balaban J connectivity index is 1.68. The van der Waals surface area contributed by atoms with Crippen molar-refractivity contribution >= 4 is 11.8 Å². The number of benzene rings is 1. The van der Waals surface area contributed by atoms with E-state index in [1.165, 1.54) is 31.6 Å². The number of hydrogen-bond donors (Lipinski definition) is 1. The quantitative estimate of drug-likeness (QED) is 0.583. The summed E-state index contributed by atoms with van der Waals surface area (Å²) < 4.78 is 30.8. The minimum Gasteiger partial charge on any atom is -0.480 e. The van der Waals surface area contributed by atoms with Crippen molar-refractivity contribution < 1.29 is 23.4 Å². The summed E-state index contributed by atoms with van der Waals surface area (Å²) in [6, 6.07) is 4.21. The minimum atomic E-state index is -1.38. The number of ether oxygens (including phenoxy) is 3. The molecule has 2 N–H and O–H groups in total. The third-order valence-corrected chi connectivity index (χ3v) is 5.27. The van der Waals surface area contributed by atoms with Gasteiger partial charge in [0, 0.05) is 12.0 Å². The van der Waals surface area contributed by atoms with Crippen molar-refractivity contribution in [3.05, 3.63) is 53.2 Å². The number of terminal acetylenes is 1. The average molecular weight is 410 g/mol. The monoisotopic (exact) mass is 410 g/mol. The van der Waals surface area contributed by atoms with Gasteiger partial charge in [0.05, 0.1) is 38.6 Å². The molecular weight excluding hydrogens is 391 g/mol. The first kappa shape index (κ1) is 19.8. The van der Waals surface area contributed by atoms with Crippen molar-refractivity contribution in [3.8, 4) is 18.2 Å². The Bertz CT molecular complexity index is 1050. The number of Topliss-reactive ketones (excluding diaryl/α,β-unsaturated/α-hetero) is 1. The SMILES string of the molecule is C#C[C@]1(c2cc(CC(=O)c3cnc(OC)cn3)ccc2F)N=C(N)O[C@@H]2COC[C@@H]21. The zero-order valence-corrected chi connectivity index (χ0v) is 16.2. The van der Waals surface area contributed by atoms with Gasteiger partial charge in [-0.3, -0.25) is 4.79 Å². The second kappa shape index (κ2) is 7.72. The van der Waals surface area contributed by atoms with Gasteiger partial charge < -0.3 is 19.9 Å². The van der Waals surface area contributed by atoms with Crippen LogP contribution in [0, 0.1) is 24.1 Å². The Kier molecular flexibility index (Phi) is 5.10. The highest BCUT2D eigenvalue weighted by molar-refractivity contribution is 5.95. The average Bonchev–Trinajstić information content (AvgIpc) is 3.23. The third kappa shape index (κ3) is 3.35. The number of aromatic nitrogens is 2. The van der Waals surface area contributed by atoms with Gasteiger partial charge in [0.15, 0.2) is 11.3 Å². The van der Waals surface area contributed by atoms with Crippen LogP contribution in [-0.2, 0) is 21.4 Å². The lowest BCUT2D eigenvalue weighted by Crippen LogP contribution is -2.48. The Morgan fingerprint density at radius 3 is 2.93 bits per heavy atom. The standard InChI is InChI=1S/C21H19FN4O4/c1-3-21(14-10-29-11-18(14)30-20(23)26-21)13-6-12(4-5-15(13)22)7-17(27)16-8-25-19(28-2)9-24-16/h1,4-6,8-9,14,18H,7,10-11H2,2H3,(H2,23,26)/t14-,18+,21+/m0/s1. The molecule has 8 nitrogen and oxygen atoms in total. The summed E-state index contributed by atoms with van der Waals surface area (Å²) in [5.41, 5.74) is 5.32. The van der Waals surface area contributed by atoms with E-state index in [2.05, 4.69) is 20.9 Å².